The van der Waals surface area contributed by atoms with Crippen molar-refractivity contribution in [2.75, 3.05) is 40.2 Å². The van der Waals surface area contributed by atoms with Crippen LogP contribution in [0.3, 0.4) is 0 Å². The first kappa shape index (κ1) is 23.2. The van der Waals surface area contributed by atoms with Crippen LogP contribution < -0.4 is 9.47 Å². The summed E-state index contributed by atoms with van der Waals surface area (Å²) in [4.78, 5) is 23.4. The number of aromatic nitrogens is 2. The number of carbonyl (C=O) groups is 1. The number of halogens is 3. The maximum absolute atomic E-state index is 13.1. The van der Waals surface area contributed by atoms with Gasteiger partial charge in [-0.15, -0.1) is 13.2 Å². The molecule has 0 bridgehead atoms. The largest absolute Gasteiger partial charge is 0.522 e. The fourth-order valence-electron chi connectivity index (χ4n) is 3.91. The summed E-state index contributed by atoms with van der Waals surface area (Å²) in [5, 5.41) is 0. The number of carbonyl (C=O) groups excluding carboxylic acids is 1. The topological polar surface area (TPSA) is 92.2 Å². The second kappa shape index (κ2) is 9.49. The quantitative estimate of drug-likeness (QED) is 0.572. The Labute approximate surface area is 187 Å². The first-order valence-electron chi connectivity index (χ1n) is 10.2. The number of fused-ring (bicyclic) bond motifs is 1. The van der Waals surface area contributed by atoms with Crippen molar-refractivity contribution in [2.24, 2.45) is 0 Å². The molecule has 2 fully saturated rings. The Kier molecular flexibility index (Phi) is 6.68. The highest BCUT2D eigenvalue weighted by molar-refractivity contribution is 5.95. The van der Waals surface area contributed by atoms with Crippen molar-refractivity contribution < 1.29 is 41.7 Å². The van der Waals surface area contributed by atoms with Crippen molar-refractivity contribution in [2.45, 2.75) is 24.5 Å². The number of amides is 1. The fourth-order valence-corrected chi connectivity index (χ4v) is 3.91. The van der Waals surface area contributed by atoms with Gasteiger partial charge in [-0.05, 0) is 24.3 Å². The summed E-state index contributed by atoms with van der Waals surface area (Å²) >= 11 is 0. The van der Waals surface area contributed by atoms with Gasteiger partial charge >= 0.3 is 6.36 Å². The van der Waals surface area contributed by atoms with Crippen LogP contribution in [0.2, 0.25) is 0 Å². The molecule has 3 heterocycles. The van der Waals surface area contributed by atoms with E-state index in [0.717, 1.165) is 0 Å². The lowest BCUT2D eigenvalue weighted by Crippen LogP contribution is -2.54. The van der Waals surface area contributed by atoms with Crippen LogP contribution in [0.4, 0.5) is 13.2 Å². The van der Waals surface area contributed by atoms with Gasteiger partial charge in [0.1, 0.15) is 19.5 Å². The molecule has 2 atom stereocenters. The third-order valence-electron chi connectivity index (χ3n) is 5.49. The molecule has 0 unspecified atom stereocenters. The van der Waals surface area contributed by atoms with Crippen molar-refractivity contribution in [1.82, 2.24) is 14.9 Å². The normalized spacial score (nSPS) is 22.7. The van der Waals surface area contributed by atoms with Gasteiger partial charge in [0, 0.05) is 30.9 Å². The fraction of sp³-hybridized carbons (Fsp3) is 0.476. The smallest absolute Gasteiger partial charge is 0.493 e. The second-order valence-corrected chi connectivity index (χ2v) is 7.39. The van der Waals surface area contributed by atoms with Gasteiger partial charge < -0.3 is 23.8 Å². The lowest BCUT2D eigenvalue weighted by Gasteiger charge is -2.40. The van der Waals surface area contributed by atoms with Gasteiger partial charge in [-0.1, -0.05) is 0 Å². The Balaban J connectivity index is 1.42. The van der Waals surface area contributed by atoms with Crippen LogP contribution in [0.15, 0.2) is 36.7 Å². The summed E-state index contributed by atoms with van der Waals surface area (Å²) in [5.41, 5.74) is -0.459. The van der Waals surface area contributed by atoms with Crippen LogP contribution in [-0.4, -0.2) is 73.4 Å². The van der Waals surface area contributed by atoms with Gasteiger partial charge in [0.15, 0.2) is 22.9 Å². The highest BCUT2D eigenvalue weighted by Gasteiger charge is 2.53. The number of hydrogen-bond acceptors (Lipinski definition) is 8. The Bertz CT molecular complexity index is 977. The molecule has 33 heavy (non-hydrogen) atoms. The standard InChI is InChI=1S/C21H22F3N3O6/c1-29-16-11-14(3-4-15(16)30-9-10-32-21(22,23)24)18(28)27-8-5-20(17(12-27)31-13-33-20)19-25-6-2-7-26-19/h2-4,6-7,11,17H,5,8-10,12-13H2,1H3/t17-,20+/m1/s1. The number of rotatable bonds is 7. The van der Waals surface area contributed by atoms with Crippen LogP contribution in [0.25, 0.3) is 0 Å². The Morgan fingerprint density at radius 2 is 2.03 bits per heavy atom. The van der Waals surface area contributed by atoms with E-state index in [1.165, 1.54) is 25.3 Å². The lowest BCUT2D eigenvalue weighted by atomic mass is 9.87. The van der Waals surface area contributed by atoms with Gasteiger partial charge in [0.2, 0.25) is 0 Å². The predicted molar refractivity (Wildman–Crippen MR) is 106 cm³/mol. The van der Waals surface area contributed by atoms with Gasteiger partial charge in [-0.25, -0.2) is 9.97 Å². The molecule has 0 N–H and O–H groups in total. The zero-order valence-corrected chi connectivity index (χ0v) is 17.7. The zero-order chi connectivity index (χ0) is 23.5. The van der Waals surface area contributed by atoms with E-state index in [4.69, 9.17) is 18.9 Å². The first-order chi connectivity index (χ1) is 15.8. The Morgan fingerprint density at radius 1 is 1.24 bits per heavy atom. The minimum absolute atomic E-state index is 0.0862. The van der Waals surface area contributed by atoms with E-state index in [1.54, 1.807) is 23.4 Å². The summed E-state index contributed by atoms with van der Waals surface area (Å²) < 4.78 is 62.1. The maximum Gasteiger partial charge on any atom is 0.522 e. The molecular formula is C21H22F3N3O6. The molecule has 2 saturated heterocycles. The van der Waals surface area contributed by atoms with Crippen molar-refractivity contribution in [3.8, 4) is 11.5 Å². The minimum Gasteiger partial charge on any atom is -0.493 e. The van der Waals surface area contributed by atoms with Crippen LogP contribution in [0.1, 0.15) is 22.6 Å². The molecule has 4 rings (SSSR count). The first-order valence-corrected chi connectivity index (χ1v) is 10.2. The molecular weight excluding hydrogens is 447 g/mol. The van der Waals surface area contributed by atoms with E-state index in [9.17, 15) is 18.0 Å². The molecule has 1 amide bonds. The number of likely N-dealkylation sites (tertiary alicyclic amines) is 1. The summed E-state index contributed by atoms with van der Waals surface area (Å²) in [7, 11) is 1.38. The summed E-state index contributed by atoms with van der Waals surface area (Å²) in [5.74, 6) is 0.694. The Morgan fingerprint density at radius 3 is 2.76 bits per heavy atom. The van der Waals surface area contributed by atoms with Gasteiger partial charge in [0.25, 0.3) is 5.91 Å². The van der Waals surface area contributed by atoms with Crippen LogP contribution in [0, 0.1) is 0 Å². The van der Waals surface area contributed by atoms with Crippen molar-refractivity contribution in [3.63, 3.8) is 0 Å². The van der Waals surface area contributed by atoms with Crippen LogP contribution in [0.5, 0.6) is 11.5 Å². The van der Waals surface area contributed by atoms with Crippen molar-refractivity contribution >= 4 is 5.91 Å². The summed E-state index contributed by atoms with van der Waals surface area (Å²) in [6, 6.07) is 6.20. The van der Waals surface area contributed by atoms with E-state index in [0.29, 0.717) is 24.4 Å². The number of alkyl halides is 3. The van der Waals surface area contributed by atoms with Gasteiger partial charge in [0.05, 0.1) is 20.3 Å². The molecule has 0 saturated carbocycles. The molecule has 178 valence electrons. The molecule has 9 nitrogen and oxygen atoms in total. The molecule has 0 radical (unpaired) electrons. The van der Waals surface area contributed by atoms with E-state index in [2.05, 4.69) is 14.7 Å². The molecule has 1 aromatic carbocycles. The van der Waals surface area contributed by atoms with Crippen LogP contribution in [-0.2, 0) is 19.8 Å². The van der Waals surface area contributed by atoms with Crippen molar-refractivity contribution in [3.05, 3.63) is 48.0 Å². The van der Waals surface area contributed by atoms with Gasteiger partial charge in [-0.2, -0.15) is 0 Å². The summed E-state index contributed by atoms with van der Waals surface area (Å²) in [6.45, 7) is -0.239. The number of hydrogen-bond donors (Lipinski definition) is 0. The Hall–Kier alpha value is -2.96. The SMILES string of the molecule is COc1cc(C(=O)N2CC[C@]3(c4ncccn4)OCO[C@@H]3C2)ccc1OCCOC(F)(F)F. The average Bonchev–Trinajstić information content (AvgIpc) is 3.26. The zero-order valence-electron chi connectivity index (χ0n) is 17.7. The number of nitrogens with zero attached hydrogens (tertiary/aromatic N) is 3. The molecule has 0 aliphatic carbocycles. The molecule has 12 heteroatoms. The molecule has 2 aliphatic heterocycles. The predicted octanol–water partition coefficient (Wildman–Crippen LogP) is 2.51. The summed E-state index contributed by atoms with van der Waals surface area (Å²) in [6.07, 6.45) is -1.41. The van der Waals surface area contributed by atoms with Crippen molar-refractivity contribution in [1.29, 1.82) is 0 Å². The molecule has 2 aliphatic rings. The number of piperidine rings is 1. The third kappa shape index (κ3) is 5.02. The third-order valence-corrected chi connectivity index (χ3v) is 5.49. The average molecular weight is 469 g/mol. The molecule has 1 aromatic heterocycles. The minimum atomic E-state index is -4.73. The number of ether oxygens (including phenoxy) is 5. The van der Waals surface area contributed by atoms with E-state index in [1.807, 2.05) is 0 Å². The van der Waals surface area contributed by atoms with Gasteiger partial charge in [-0.3, -0.25) is 9.53 Å². The van der Waals surface area contributed by atoms with E-state index >= 15 is 0 Å². The highest BCUT2D eigenvalue weighted by atomic mass is 19.4. The molecule has 0 spiro atoms. The lowest BCUT2D eigenvalue weighted by molar-refractivity contribution is -0.325. The molecule has 2 aromatic rings. The van der Waals surface area contributed by atoms with E-state index in [-0.39, 0.29) is 37.4 Å². The second-order valence-electron chi connectivity index (χ2n) is 7.39. The number of methoxy groups -OCH3 is 1. The van der Waals surface area contributed by atoms with E-state index < -0.39 is 24.7 Å². The van der Waals surface area contributed by atoms with Crippen LogP contribution >= 0.6 is 0 Å². The number of benzene rings is 1. The highest BCUT2D eigenvalue weighted by Crippen LogP contribution is 2.41. The maximum atomic E-state index is 13.1. The monoisotopic (exact) mass is 469 g/mol.